The van der Waals surface area contributed by atoms with Gasteiger partial charge in [-0.15, -0.1) is 18.3 Å². The highest BCUT2D eigenvalue weighted by Crippen LogP contribution is 2.33. The Morgan fingerprint density at radius 1 is 1.29 bits per heavy atom. The molecular weight excluding hydrogens is 416 g/mol. The lowest BCUT2D eigenvalue weighted by Gasteiger charge is -2.29. The molecule has 0 fully saturated rings. The third-order valence-corrected chi connectivity index (χ3v) is 5.85. The van der Waals surface area contributed by atoms with Crippen LogP contribution in [0.4, 0.5) is 11.4 Å². The van der Waals surface area contributed by atoms with E-state index in [9.17, 15) is 14.4 Å². The van der Waals surface area contributed by atoms with Crippen molar-refractivity contribution in [2.75, 3.05) is 36.2 Å². The number of carbonyl (C=O) groups excluding carboxylic acids is 3. The van der Waals surface area contributed by atoms with E-state index in [2.05, 4.69) is 11.9 Å². The standard InChI is InChI=1S/C23H24N2O5S/c1-4-11-25-19-12-16(5-10-20(19)30-13-22(25)27)23(28)15(2)31-14-21(26)24-17-6-8-18(29-3)9-7-17/h4-10,12,15H,1,11,13-14H2,2-3H3,(H,24,26). The van der Waals surface area contributed by atoms with E-state index in [1.54, 1.807) is 67.5 Å². The molecule has 2 amide bonds. The molecule has 0 spiro atoms. The fraction of sp³-hybridized carbons (Fsp3) is 0.261. The number of nitrogens with zero attached hydrogens (tertiary/aromatic N) is 1. The predicted octanol–water partition coefficient (Wildman–Crippen LogP) is 3.55. The maximum atomic E-state index is 12.9. The van der Waals surface area contributed by atoms with Gasteiger partial charge < -0.3 is 19.7 Å². The van der Waals surface area contributed by atoms with E-state index in [4.69, 9.17) is 9.47 Å². The number of fused-ring (bicyclic) bond motifs is 1. The number of anilines is 2. The lowest BCUT2D eigenvalue weighted by atomic mass is 10.1. The Labute approximate surface area is 185 Å². The van der Waals surface area contributed by atoms with Gasteiger partial charge in [0, 0.05) is 17.8 Å². The van der Waals surface area contributed by atoms with Crippen LogP contribution in [0.3, 0.4) is 0 Å². The molecule has 1 aliphatic rings. The number of methoxy groups -OCH3 is 1. The van der Waals surface area contributed by atoms with Crippen molar-refractivity contribution in [1.82, 2.24) is 0 Å². The summed E-state index contributed by atoms with van der Waals surface area (Å²) in [7, 11) is 1.58. The van der Waals surface area contributed by atoms with E-state index in [0.29, 0.717) is 35.0 Å². The van der Waals surface area contributed by atoms with Crippen molar-refractivity contribution in [2.24, 2.45) is 0 Å². The molecule has 2 aromatic rings. The molecule has 0 saturated heterocycles. The number of ketones is 1. The van der Waals surface area contributed by atoms with Crippen LogP contribution in [0.25, 0.3) is 0 Å². The maximum Gasteiger partial charge on any atom is 0.265 e. The average molecular weight is 441 g/mol. The summed E-state index contributed by atoms with van der Waals surface area (Å²) in [6, 6.07) is 12.1. The molecule has 7 nitrogen and oxygen atoms in total. The van der Waals surface area contributed by atoms with Gasteiger partial charge in [0.25, 0.3) is 5.91 Å². The average Bonchev–Trinajstić information content (AvgIpc) is 2.79. The Bertz CT molecular complexity index is 990. The smallest absolute Gasteiger partial charge is 0.265 e. The molecule has 162 valence electrons. The molecule has 0 radical (unpaired) electrons. The number of carbonyl (C=O) groups is 3. The Kier molecular flexibility index (Phi) is 7.36. The van der Waals surface area contributed by atoms with Gasteiger partial charge in [0.05, 0.1) is 23.8 Å². The van der Waals surface area contributed by atoms with Crippen LogP contribution in [0.1, 0.15) is 17.3 Å². The van der Waals surface area contributed by atoms with Crippen LogP contribution >= 0.6 is 11.8 Å². The molecule has 31 heavy (non-hydrogen) atoms. The number of Topliss-reactive ketones (excluding diaryl/α,β-unsaturated/α-hetero) is 1. The minimum absolute atomic E-state index is 0.0380. The molecule has 1 N–H and O–H groups in total. The third kappa shape index (κ3) is 5.46. The number of nitrogens with one attached hydrogen (secondary N) is 1. The second kappa shape index (κ2) is 10.2. The van der Waals surface area contributed by atoms with Gasteiger partial charge in [0.15, 0.2) is 12.4 Å². The van der Waals surface area contributed by atoms with Crippen molar-refractivity contribution in [1.29, 1.82) is 0 Å². The van der Waals surface area contributed by atoms with E-state index in [1.165, 1.54) is 11.8 Å². The first-order valence-electron chi connectivity index (χ1n) is 9.70. The molecule has 1 heterocycles. The molecule has 0 aromatic heterocycles. The zero-order valence-electron chi connectivity index (χ0n) is 17.4. The first-order chi connectivity index (χ1) is 14.9. The Hall–Kier alpha value is -3.26. The first-order valence-corrected chi connectivity index (χ1v) is 10.8. The highest BCUT2D eigenvalue weighted by Gasteiger charge is 2.26. The van der Waals surface area contributed by atoms with Crippen LogP contribution in [0.5, 0.6) is 11.5 Å². The van der Waals surface area contributed by atoms with Crippen molar-refractivity contribution in [3.05, 3.63) is 60.7 Å². The molecule has 0 bridgehead atoms. The Morgan fingerprint density at radius 2 is 2.03 bits per heavy atom. The monoisotopic (exact) mass is 440 g/mol. The molecular formula is C23H24N2O5S. The van der Waals surface area contributed by atoms with Crippen LogP contribution < -0.4 is 19.7 Å². The summed E-state index contributed by atoms with van der Waals surface area (Å²) in [6.45, 7) is 5.74. The fourth-order valence-electron chi connectivity index (χ4n) is 3.07. The number of ether oxygens (including phenoxy) is 2. The van der Waals surface area contributed by atoms with Gasteiger partial charge in [-0.25, -0.2) is 0 Å². The number of hydrogen-bond donors (Lipinski definition) is 1. The third-order valence-electron chi connectivity index (χ3n) is 4.71. The summed E-state index contributed by atoms with van der Waals surface area (Å²) in [5.41, 5.74) is 1.67. The summed E-state index contributed by atoms with van der Waals surface area (Å²) in [5.74, 6) is 0.883. The summed E-state index contributed by atoms with van der Waals surface area (Å²) >= 11 is 1.25. The maximum absolute atomic E-state index is 12.9. The minimum Gasteiger partial charge on any atom is -0.497 e. The molecule has 1 unspecified atom stereocenters. The Morgan fingerprint density at radius 3 is 2.71 bits per heavy atom. The van der Waals surface area contributed by atoms with Gasteiger partial charge in [-0.1, -0.05) is 6.08 Å². The van der Waals surface area contributed by atoms with Crippen molar-refractivity contribution in [3.8, 4) is 11.5 Å². The molecule has 1 aliphatic heterocycles. The van der Waals surface area contributed by atoms with Crippen LogP contribution in [0.2, 0.25) is 0 Å². The van der Waals surface area contributed by atoms with Crippen LogP contribution in [-0.4, -0.2) is 48.9 Å². The molecule has 1 atom stereocenters. The van der Waals surface area contributed by atoms with E-state index in [0.717, 1.165) is 0 Å². The zero-order valence-corrected chi connectivity index (χ0v) is 18.2. The number of rotatable bonds is 9. The van der Waals surface area contributed by atoms with E-state index in [-0.39, 0.29) is 30.0 Å². The second-order valence-corrected chi connectivity index (χ2v) is 8.19. The highest BCUT2D eigenvalue weighted by molar-refractivity contribution is 8.01. The van der Waals surface area contributed by atoms with Gasteiger partial charge in [-0.05, 0) is 49.4 Å². The van der Waals surface area contributed by atoms with Crippen LogP contribution in [0, 0.1) is 0 Å². The van der Waals surface area contributed by atoms with E-state index in [1.807, 2.05) is 0 Å². The molecule has 0 aliphatic carbocycles. The zero-order chi connectivity index (χ0) is 22.4. The summed E-state index contributed by atoms with van der Waals surface area (Å²) < 4.78 is 10.5. The molecule has 3 rings (SSSR count). The molecule has 2 aromatic carbocycles. The van der Waals surface area contributed by atoms with Crippen molar-refractivity contribution in [2.45, 2.75) is 12.2 Å². The number of benzene rings is 2. The van der Waals surface area contributed by atoms with Gasteiger partial charge in [0.2, 0.25) is 5.91 Å². The predicted molar refractivity (Wildman–Crippen MR) is 122 cm³/mol. The number of amides is 2. The Balaban J connectivity index is 1.61. The molecule has 0 saturated carbocycles. The topological polar surface area (TPSA) is 84.9 Å². The van der Waals surface area contributed by atoms with Crippen molar-refractivity contribution in [3.63, 3.8) is 0 Å². The molecule has 8 heteroatoms. The quantitative estimate of drug-likeness (QED) is 0.474. The number of hydrogen-bond acceptors (Lipinski definition) is 6. The fourth-order valence-corrected chi connectivity index (χ4v) is 3.83. The largest absolute Gasteiger partial charge is 0.497 e. The number of thioether (sulfide) groups is 1. The minimum atomic E-state index is -0.437. The van der Waals surface area contributed by atoms with Crippen LogP contribution in [-0.2, 0) is 9.59 Å². The van der Waals surface area contributed by atoms with Gasteiger partial charge in [-0.3, -0.25) is 14.4 Å². The highest BCUT2D eigenvalue weighted by atomic mass is 32.2. The summed E-state index contributed by atoms with van der Waals surface area (Å²) in [5, 5.41) is 2.36. The van der Waals surface area contributed by atoms with Crippen LogP contribution in [0.15, 0.2) is 55.1 Å². The van der Waals surface area contributed by atoms with E-state index < -0.39 is 5.25 Å². The first kappa shape index (κ1) is 22.4. The van der Waals surface area contributed by atoms with Crippen molar-refractivity contribution < 1.29 is 23.9 Å². The van der Waals surface area contributed by atoms with Gasteiger partial charge in [-0.2, -0.15) is 0 Å². The summed E-state index contributed by atoms with van der Waals surface area (Å²) in [4.78, 5) is 38.8. The lowest BCUT2D eigenvalue weighted by molar-refractivity contribution is -0.121. The summed E-state index contributed by atoms with van der Waals surface area (Å²) in [6.07, 6.45) is 1.63. The SMILES string of the molecule is C=CCN1C(=O)COc2ccc(C(=O)C(C)SCC(=O)Nc3ccc(OC)cc3)cc21. The van der Waals surface area contributed by atoms with Gasteiger partial charge >= 0.3 is 0 Å². The van der Waals surface area contributed by atoms with E-state index >= 15 is 0 Å². The second-order valence-electron chi connectivity index (χ2n) is 6.86. The lowest BCUT2D eigenvalue weighted by Crippen LogP contribution is -2.39. The van der Waals surface area contributed by atoms with Gasteiger partial charge in [0.1, 0.15) is 11.5 Å². The normalized spacial score (nSPS) is 13.6. The van der Waals surface area contributed by atoms with Crippen molar-refractivity contribution >= 4 is 40.7 Å².